The predicted octanol–water partition coefficient (Wildman–Crippen LogP) is 4.76. The van der Waals surface area contributed by atoms with Gasteiger partial charge in [-0.15, -0.1) is 0 Å². The molecule has 3 aromatic carbocycles. The lowest BCUT2D eigenvalue weighted by Gasteiger charge is -2.14. The fourth-order valence-electron chi connectivity index (χ4n) is 2.32. The number of nitrogens with zero attached hydrogens (tertiary/aromatic N) is 1. The SMILES string of the molecule is Nc1ccccc1Oc1c(F)c(F)c([N+](=O)[O-])c(Oc2ccccc2N)c1F. The number of rotatable bonds is 5. The average molecular weight is 391 g/mol. The van der Waals surface area contributed by atoms with Crippen LogP contribution in [0.1, 0.15) is 0 Å². The highest BCUT2D eigenvalue weighted by Crippen LogP contribution is 2.45. The summed E-state index contributed by atoms with van der Waals surface area (Å²) in [5, 5.41) is 11.2. The standard InChI is InChI=1S/C18H12F3N3O4/c19-13-14(20)17(27-11-7-3-1-5-9(11)22)15(21)18(16(13)24(25)26)28-12-8-4-2-6-10(12)23/h1-8H,22-23H2. The molecule has 0 radical (unpaired) electrons. The Morgan fingerprint density at radius 2 is 1.21 bits per heavy atom. The predicted molar refractivity (Wildman–Crippen MR) is 94.8 cm³/mol. The summed E-state index contributed by atoms with van der Waals surface area (Å²) in [6.07, 6.45) is 0. The van der Waals surface area contributed by atoms with Gasteiger partial charge in [0.15, 0.2) is 11.5 Å². The number of nitrogen functional groups attached to an aromatic ring is 2. The smallest absolute Gasteiger partial charge is 0.353 e. The molecule has 3 aromatic rings. The van der Waals surface area contributed by atoms with Crippen LogP contribution in [0.25, 0.3) is 0 Å². The summed E-state index contributed by atoms with van der Waals surface area (Å²) in [6.45, 7) is 0. The third-order valence-corrected chi connectivity index (χ3v) is 3.66. The number of hydrogen-bond acceptors (Lipinski definition) is 6. The first-order valence-electron chi connectivity index (χ1n) is 7.70. The number of ether oxygens (including phenoxy) is 2. The van der Waals surface area contributed by atoms with Crippen LogP contribution in [0.4, 0.5) is 30.2 Å². The second-order valence-electron chi connectivity index (χ2n) is 5.49. The number of halogens is 3. The van der Waals surface area contributed by atoms with E-state index in [0.717, 1.165) is 0 Å². The van der Waals surface area contributed by atoms with E-state index in [1.54, 1.807) is 0 Å². The molecule has 3 rings (SSSR count). The van der Waals surface area contributed by atoms with Gasteiger partial charge in [-0.1, -0.05) is 24.3 Å². The fraction of sp³-hybridized carbons (Fsp3) is 0. The maximum absolute atomic E-state index is 14.9. The molecular weight excluding hydrogens is 379 g/mol. The van der Waals surface area contributed by atoms with Crippen molar-refractivity contribution in [1.82, 2.24) is 0 Å². The number of anilines is 2. The van der Waals surface area contributed by atoms with Crippen molar-refractivity contribution in [3.05, 3.63) is 76.1 Å². The fourth-order valence-corrected chi connectivity index (χ4v) is 2.32. The zero-order chi connectivity index (χ0) is 20.4. The molecule has 7 nitrogen and oxygen atoms in total. The summed E-state index contributed by atoms with van der Waals surface area (Å²) in [5.41, 5.74) is 9.78. The maximum atomic E-state index is 14.9. The van der Waals surface area contributed by atoms with Gasteiger partial charge in [0.05, 0.1) is 16.3 Å². The van der Waals surface area contributed by atoms with Gasteiger partial charge < -0.3 is 20.9 Å². The lowest BCUT2D eigenvalue weighted by Crippen LogP contribution is -2.06. The van der Waals surface area contributed by atoms with Crippen LogP contribution >= 0.6 is 0 Å². The molecule has 0 saturated heterocycles. The number of hydrogen-bond donors (Lipinski definition) is 2. The lowest BCUT2D eigenvalue weighted by atomic mass is 10.2. The highest BCUT2D eigenvalue weighted by atomic mass is 19.2. The second kappa shape index (κ2) is 7.35. The Balaban J connectivity index is 2.19. The van der Waals surface area contributed by atoms with Gasteiger partial charge >= 0.3 is 5.69 Å². The molecule has 0 aliphatic rings. The molecule has 0 aromatic heterocycles. The molecule has 0 aliphatic carbocycles. The monoisotopic (exact) mass is 391 g/mol. The number of nitrogens with two attached hydrogens (primary N) is 2. The Bertz CT molecular complexity index is 1080. The van der Waals surface area contributed by atoms with Crippen LogP contribution < -0.4 is 20.9 Å². The average Bonchev–Trinajstić information content (AvgIpc) is 2.66. The molecule has 0 unspecified atom stereocenters. The zero-order valence-corrected chi connectivity index (χ0v) is 14.0. The normalized spacial score (nSPS) is 10.5. The molecule has 144 valence electrons. The number of nitro groups is 1. The molecule has 10 heteroatoms. The van der Waals surface area contributed by atoms with E-state index >= 15 is 0 Å². The summed E-state index contributed by atoms with van der Waals surface area (Å²) in [5.74, 6) is -8.30. The third kappa shape index (κ3) is 3.34. The van der Waals surface area contributed by atoms with Gasteiger partial charge in [-0.2, -0.15) is 13.2 Å². The lowest BCUT2D eigenvalue weighted by molar-refractivity contribution is -0.388. The minimum absolute atomic E-state index is 0.00398. The summed E-state index contributed by atoms with van der Waals surface area (Å²) in [4.78, 5) is 9.90. The van der Waals surface area contributed by atoms with Crippen LogP contribution in [0, 0.1) is 27.6 Å². The third-order valence-electron chi connectivity index (χ3n) is 3.66. The van der Waals surface area contributed by atoms with Crippen molar-refractivity contribution in [1.29, 1.82) is 0 Å². The second-order valence-corrected chi connectivity index (χ2v) is 5.49. The summed E-state index contributed by atoms with van der Waals surface area (Å²) < 4.78 is 53.8. The van der Waals surface area contributed by atoms with Crippen molar-refractivity contribution in [3.8, 4) is 23.0 Å². The largest absolute Gasteiger partial charge is 0.449 e. The number of para-hydroxylation sites is 4. The zero-order valence-electron chi connectivity index (χ0n) is 14.0. The van der Waals surface area contributed by atoms with Gasteiger partial charge in [-0.3, -0.25) is 10.1 Å². The van der Waals surface area contributed by atoms with E-state index in [-0.39, 0.29) is 22.9 Å². The van der Waals surface area contributed by atoms with E-state index in [4.69, 9.17) is 20.9 Å². The van der Waals surface area contributed by atoms with Crippen molar-refractivity contribution >= 4 is 17.1 Å². The van der Waals surface area contributed by atoms with Crippen LogP contribution in [-0.4, -0.2) is 4.92 Å². The Hall–Kier alpha value is -3.95. The molecular formula is C18H12F3N3O4. The van der Waals surface area contributed by atoms with Crippen molar-refractivity contribution < 1.29 is 27.6 Å². The Labute approximate surface area is 156 Å². The maximum Gasteiger partial charge on any atom is 0.353 e. The van der Waals surface area contributed by atoms with Crippen molar-refractivity contribution in [2.24, 2.45) is 0 Å². The number of benzene rings is 3. The van der Waals surface area contributed by atoms with Crippen molar-refractivity contribution in [2.45, 2.75) is 0 Å². The topological polar surface area (TPSA) is 114 Å². The quantitative estimate of drug-likeness (QED) is 0.281. The summed E-state index contributed by atoms with van der Waals surface area (Å²) in [7, 11) is 0. The van der Waals surface area contributed by atoms with Crippen molar-refractivity contribution in [2.75, 3.05) is 11.5 Å². The summed E-state index contributed by atoms with van der Waals surface area (Å²) in [6, 6.07) is 11.3. The number of nitro benzene ring substituents is 1. The van der Waals surface area contributed by atoms with Crippen LogP contribution in [0.2, 0.25) is 0 Å². The van der Waals surface area contributed by atoms with E-state index in [1.807, 2.05) is 0 Å². The van der Waals surface area contributed by atoms with Crippen LogP contribution in [-0.2, 0) is 0 Å². The van der Waals surface area contributed by atoms with E-state index in [2.05, 4.69) is 0 Å². The minimum atomic E-state index is -1.96. The molecule has 0 aliphatic heterocycles. The molecule has 0 atom stereocenters. The van der Waals surface area contributed by atoms with Gasteiger partial charge in [0.2, 0.25) is 29.0 Å². The van der Waals surface area contributed by atoms with Gasteiger partial charge in [0.25, 0.3) is 0 Å². The van der Waals surface area contributed by atoms with Gasteiger partial charge in [-0.05, 0) is 24.3 Å². The molecule has 0 saturated carbocycles. The van der Waals surface area contributed by atoms with Crippen molar-refractivity contribution in [3.63, 3.8) is 0 Å². The van der Waals surface area contributed by atoms with Gasteiger partial charge in [0, 0.05) is 0 Å². The molecule has 4 N–H and O–H groups in total. The van der Waals surface area contributed by atoms with Crippen LogP contribution in [0.3, 0.4) is 0 Å². The molecule has 0 bridgehead atoms. The Kier molecular flexibility index (Phi) is 4.94. The van der Waals surface area contributed by atoms with Gasteiger partial charge in [0.1, 0.15) is 0 Å². The molecule has 0 heterocycles. The van der Waals surface area contributed by atoms with Crippen LogP contribution in [0.15, 0.2) is 48.5 Å². The van der Waals surface area contributed by atoms with E-state index < -0.39 is 39.6 Å². The van der Waals surface area contributed by atoms with E-state index in [0.29, 0.717) is 0 Å². The molecule has 28 heavy (non-hydrogen) atoms. The van der Waals surface area contributed by atoms with Gasteiger partial charge in [-0.25, -0.2) is 0 Å². The Morgan fingerprint density at radius 3 is 1.68 bits per heavy atom. The molecule has 0 amide bonds. The molecule has 0 spiro atoms. The highest BCUT2D eigenvalue weighted by molar-refractivity contribution is 5.61. The summed E-state index contributed by atoms with van der Waals surface area (Å²) >= 11 is 0. The van der Waals surface area contributed by atoms with E-state index in [1.165, 1.54) is 48.5 Å². The highest BCUT2D eigenvalue weighted by Gasteiger charge is 2.36. The molecule has 0 fully saturated rings. The minimum Gasteiger partial charge on any atom is -0.449 e. The van der Waals surface area contributed by atoms with E-state index in [9.17, 15) is 23.3 Å². The first kappa shape index (κ1) is 18.8. The first-order valence-corrected chi connectivity index (χ1v) is 7.70. The Morgan fingerprint density at radius 1 is 0.750 bits per heavy atom. The first-order chi connectivity index (χ1) is 13.3. The van der Waals surface area contributed by atoms with Crippen LogP contribution in [0.5, 0.6) is 23.0 Å².